The SMILES string of the molecule is CN(C)C(=O)[C@H]1Cc2c([nH]c3ccc(F)cc23)CN1C(=O)c1ncsc1CNc1ccc2nccnc2c1. The van der Waals surface area contributed by atoms with Crippen LogP contribution in [-0.4, -0.2) is 61.7 Å². The highest BCUT2D eigenvalue weighted by Gasteiger charge is 2.38. The number of halogens is 1. The van der Waals surface area contributed by atoms with Crippen molar-refractivity contribution >= 4 is 50.8 Å². The zero-order valence-corrected chi connectivity index (χ0v) is 21.6. The highest BCUT2D eigenvalue weighted by atomic mass is 32.1. The van der Waals surface area contributed by atoms with Gasteiger partial charge in [-0.3, -0.25) is 19.6 Å². The van der Waals surface area contributed by atoms with E-state index in [1.54, 1.807) is 43.0 Å². The summed E-state index contributed by atoms with van der Waals surface area (Å²) in [6.45, 7) is 0.580. The third-order valence-corrected chi connectivity index (χ3v) is 7.64. The summed E-state index contributed by atoms with van der Waals surface area (Å²) in [6, 6.07) is 9.53. The van der Waals surface area contributed by atoms with Crippen LogP contribution < -0.4 is 5.32 Å². The van der Waals surface area contributed by atoms with Crippen molar-refractivity contribution in [3.8, 4) is 0 Å². The van der Waals surface area contributed by atoms with E-state index in [0.29, 0.717) is 12.2 Å². The van der Waals surface area contributed by atoms with Gasteiger partial charge < -0.3 is 20.1 Å². The molecule has 0 radical (unpaired) electrons. The van der Waals surface area contributed by atoms with Crippen LogP contribution in [-0.2, 0) is 24.3 Å². The third kappa shape index (κ3) is 4.24. The van der Waals surface area contributed by atoms with Gasteiger partial charge in [-0.25, -0.2) is 9.37 Å². The molecule has 192 valence electrons. The average Bonchev–Trinajstić information content (AvgIpc) is 3.54. The van der Waals surface area contributed by atoms with Crippen LogP contribution in [0, 0.1) is 5.82 Å². The fraction of sp³-hybridized carbons (Fsp3) is 0.222. The Hall–Kier alpha value is -4.38. The van der Waals surface area contributed by atoms with E-state index in [0.717, 1.165) is 43.8 Å². The molecule has 4 heterocycles. The smallest absolute Gasteiger partial charge is 0.274 e. The fourth-order valence-corrected chi connectivity index (χ4v) is 5.61. The molecule has 0 aliphatic carbocycles. The molecule has 11 heteroatoms. The summed E-state index contributed by atoms with van der Waals surface area (Å²) in [5, 5.41) is 4.08. The standard InChI is InChI=1S/C27H24FN7O2S/c1-34(2)26(36)23-11-18-17-9-15(28)3-5-19(17)33-22(18)13-35(23)27(37)25-24(38-14-32-25)12-31-16-4-6-20-21(10-16)30-8-7-29-20/h3-10,14,23,31,33H,11-13H2,1-2H3/t23-/m1/s1. The first-order valence-corrected chi connectivity index (χ1v) is 12.9. The lowest BCUT2D eigenvalue weighted by atomic mass is 9.95. The Morgan fingerprint density at radius 1 is 1.13 bits per heavy atom. The number of anilines is 1. The van der Waals surface area contributed by atoms with Gasteiger partial charge in [0.25, 0.3) is 5.91 Å². The van der Waals surface area contributed by atoms with Crippen molar-refractivity contribution in [2.75, 3.05) is 19.4 Å². The molecule has 0 spiro atoms. The number of rotatable bonds is 5. The molecule has 9 nitrogen and oxygen atoms in total. The first kappa shape index (κ1) is 24.0. The molecule has 3 aromatic heterocycles. The monoisotopic (exact) mass is 529 g/mol. The molecule has 2 N–H and O–H groups in total. The Labute approximate surface area is 221 Å². The molecule has 0 unspecified atom stereocenters. The second-order valence-corrected chi connectivity index (χ2v) is 10.3. The van der Waals surface area contributed by atoms with E-state index in [1.165, 1.54) is 28.4 Å². The summed E-state index contributed by atoms with van der Waals surface area (Å²) in [6.07, 6.45) is 3.58. The molecule has 1 aliphatic rings. The van der Waals surface area contributed by atoms with Crippen LogP contribution in [0.4, 0.5) is 10.1 Å². The normalized spacial score (nSPS) is 15.0. The summed E-state index contributed by atoms with van der Waals surface area (Å²) in [4.78, 5) is 47.2. The van der Waals surface area contributed by atoms with Crippen molar-refractivity contribution in [3.05, 3.63) is 81.9 Å². The molecule has 6 rings (SSSR count). The number of H-pyrrole nitrogens is 1. The molecular formula is C27H24FN7O2S. The maximum absolute atomic E-state index is 14.0. The molecule has 2 aromatic carbocycles. The van der Waals surface area contributed by atoms with Crippen LogP contribution >= 0.6 is 11.3 Å². The van der Waals surface area contributed by atoms with Gasteiger partial charge in [-0.05, 0) is 42.0 Å². The summed E-state index contributed by atoms with van der Waals surface area (Å²) in [5.74, 6) is -0.851. The number of aromatic amines is 1. The maximum Gasteiger partial charge on any atom is 0.274 e. The van der Waals surface area contributed by atoms with E-state index >= 15 is 0 Å². The molecule has 0 bridgehead atoms. The highest BCUT2D eigenvalue weighted by Crippen LogP contribution is 2.33. The number of nitrogens with one attached hydrogen (secondary N) is 2. The zero-order chi connectivity index (χ0) is 26.4. The van der Waals surface area contributed by atoms with Crippen molar-refractivity contribution in [2.24, 2.45) is 0 Å². The number of nitrogens with zero attached hydrogens (tertiary/aromatic N) is 5. The van der Waals surface area contributed by atoms with Crippen LogP contribution in [0.25, 0.3) is 21.9 Å². The Morgan fingerprint density at radius 3 is 2.76 bits per heavy atom. The molecule has 38 heavy (non-hydrogen) atoms. The van der Waals surface area contributed by atoms with Gasteiger partial charge in [0.1, 0.15) is 17.6 Å². The Balaban J connectivity index is 1.29. The second-order valence-electron chi connectivity index (χ2n) is 9.40. The largest absolute Gasteiger partial charge is 0.380 e. The summed E-state index contributed by atoms with van der Waals surface area (Å²) in [7, 11) is 3.34. The van der Waals surface area contributed by atoms with Gasteiger partial charge in [0.15, 0.2) is 0 Å². The third-order valence-electron chi connectivity index (χ3n) is 6.81. The van der Waals surface area contributed by atoms with Gasteiger partial charge in [0.2, 0.25) is 5.91 Å². The van der Waals surface area contributed by atoms with E-state index in [2.05, 4.69) is 25.3 Å². The number of amides is 2. The lowest BCUT2D eigenvalue weighted by Crippen LogP contribution is -2.52. The first-order chi connectivity index (χ1) is 18.4. The predicted molar refractivity (Wildman–Crippen MR) is 143 cm³/mol. The molecule has 2 amide bonds. The molecule has 1 atom stereocenters. The quantitative estimate of drug-likeness (QED) is 0.357. The minimum atomic E-state index is -0.728. The van der Waals surface area contributed by atoms with Crippen molar-refractivity contribution in [3.63, 3.8) is 0 Å². The van der Waals surface area contributed by atoms with Crippen LogP contribution in [0.3, 0.4) is 0 Å². The van der Waals surface area contributed by atoms with Gasteiger partial charge in [-0.1, -0.05) is 0 Å². The zero-order valence-electron chi connectivity index (χ0n) is 20.7. The number of fused-ring (bicyclic) bond motifs is 4. The average molecular weight is 530 g/mol. The minimum Gasteiger partial charge on any atom is -0.380 e. The number of carbonyl (C=O) groups is 2. The van der Waals surface area contributed by atoms with E-state index in [9.17, 15) is 14.0 Å². The van der Waals surface area contributed by atoms with E-state index < -0.39 is 6.04 Å². The lowest BCUT2D eigenvalue weighted by Gasteiger charge is -2.36. The number of hydrogen-bond acceptors (Lipinski definition) is 7. The van der Waals surface area contributed by atoms with Crippen molar-refractivity contribution in [1.82, 2.24) is 29.7 Å². The molecule has 0 fully saturated rings. The second kappa shape index (κ2) is 9.49. The van der Waals surface area contributed by atoms with Crippen LogP contribution in [0.2, 0.25) is 0 Å². The van der Waals surface area contributed by atoms with Crippen LogP contribution in [0.15, 0.2) is 54.3 Å². The van der Waals surface area contributed by atoms with Gasteiger partial charge >= 0.3 is 0 Å². The van der Waals surface area contributed by atoms with Gasteiger partial charge in [-0.2, -0.15) is 0 Å². The van der Waals surface area contributed by atoms with Crippen molar-refractivity contribution in [1.29, 1.82) is 0 Å². The number of hydrogen-bond donors (Lipinski definition) is 2. The lowest BCUT2D eigenvalue weighted by molar-refractivity contribution is -0.134. The molecule has 0 saturated carbocycles. The fourth-order valence-electron chi connectivity index (χ4n) is 4.92. The van der Waals surface area contributed by atoms with Crippen LogP contribution in [0.5, 0.6) is 0 Å². The molecular weight excluding hydrogens is 505 g/mol. The maximum atomic E-state index is 14.0. The van der Waals surface area contributed by atoms with Crippen molar-refractivity contribution in [2.45, 2.75) is 25.6 Å². The number of carbonyl (C=O) groups excluding carboxylic acids is 2. The molecule has 5 aromatic rings. The molecule has 0 saturated heterocycles. The Kier molecular flexibility index (Phi) is 5.99. The van der Waals surface area contributed by atoms with Gasteiger partial charge in [0.05, 0.1) is 34.5 Å². The number of benzene rings is 2. The van der Waals surface area contributed by atoms with Crippen LogP contribution in [0.1, 0.15) is 26.6 Å². The minimum absolute atomic E-state index is 0.193. The first-order valence-electron chi connectivity index (χ1n) is 12.1. The number of thiazole rings is 1. The van der Waals surface area contributed by atoms with E-state index in [-0.39, 0.29) is 30.6 Å². The van der Waals surface area contributed by atoms with E-state index in [4.69, 9.17) is 0 Å². The summed E-state index contributed by atoms with van der Waals surface area (Å²) < 4.78 is 14.0. The Bertz CT molecular complexity index is 1700. The molecule has 1 aliphatic heterocycles. The topological polar surface area (TPSA) is 107 Å². The van der Waals surface area contributed by atoms with Gasteiger partial charge in [0, 0.05) is 55.2 Å². The highest BCUT2D eigenvalue weighted by molar-refractivity contribution is 7.10. The summed E-state index contributed by atoms with van der Waals surface area (Å²) >= 11 is 1.38. The summed E-state index contributed by atoms with van der Waals surface area (Å²) in [5.41, 5.74) is 6.80. The van der Waals surface area contributed by atoms with Crippen molar-refractivity contribution < 1.29 is 14.0 Å². The number of likely N-dealkylation sites (N-methyl/N-ethyl adjacent to an activating group) is 1. The number of aromatic nitrogens is 4. The van der Waals surface area contributed by atoms with Gasteiger partial charge in [-0.15, -0.1) is 11.3 Å². The van der Waals surface area contributed by atoms with E-state index in [1.807, 2.05) is 18.2 Å². The predicted octanol–water partition coefficient (Wildman–Crippen LogP) is 3.97. The Morgan fingerprint density at radius 2 is 1.95 bits per heavy atom.